The highest BCUT2D eigenvalue weighted by Crippen LogP contribution is 2.32. The second-order valence-corrected chi connectivity index (χ2v) is 7.13. The lowest BCUT2D eigenvalue weighted by atomic mass is 9.91. The van der Waals surface area contributed by atoms with Crippen molar-refractivity contribution in [2.75, 3.05) is 19.6 Å². The molecule has 1 saturated heterocycles. The molecule has 1 aliphatic rings. The Balaban J connectivity index is 1.23. The molecule has 1 fully saturated rings. The van der Waals surface area contributed by atoms with Crippen LogP contribution in [0.4, 0.5) is 0 Å². The third-order valence-electron chi connectivity index (χ3n) is 5.54. The molecule has 1 aliphatic heterocycles. The van der Waals surface area contributed by atoms with Crippen LogP contribution in [-0.4, -0.2) is 43.9 Å². The van der Waals surface area contributed by atoms with Gasteiger partial charge in [0.05, 0.1) is 24.0 Å². The maximum absolute atomic E-state index is 12.4. The summed E-state index contributed by atoms with van der Waals surface area (Å²) in [7, 11) is 0. The van der Waals surface area contributed by atoms with Crippen molar-refractivity contribution in [2.24, 2.45) is 0 Å². The summed E-state index contributed by atoms with van der Waals surface area (Å²) in [5.41, 5.74) is 2.69. The summed E-state index contributed by atoms with van der Waals surface area (Å²) in [6.07, 6.45) is 5.62. The number of piperidine rings is 1. The molecule has 0 N–H and O–H groups in total. The first-order chi connectivity index (χ1) is 13.3. The molecule has 27 heavy (non-hydrogen) atoms. The van der Waals surface area contributed by atoms with Crippen molar-refractivity contribution in [1.29, 1.82) is 0 Å². The van der Waals surface area contributed by atoms with E-state index in [1.807, 2.05) is 30.3 Å². The van der Waals surface area contributed by atoms with E-state index in [1.54, 1.807) is 21.5 Å². The van der Waals surface area contributed by atoms with Crippen molar-refractivity contribution in [3.05, 3.63) is 65.0 Å². The molecule has 138 valence electrons. The van der Waals surface area contributed by atoms with Gasteiger partial charge in [0.15, 0.2) is 5.58 Å². The topological polar surface area (TPSA) is 68.6 Å². The van der Waals surface area contributed by atoms with Gasteiger partial charge in [0, 0.05) is 24.0 Å². The second-order valence-electron chi connectivity index (χ2n) is 7.13. The van der Waals surface area contributed by atoms with E-state index in [-0.39, 0.29) is 5.69 Å². The van der Waals surface area contributed by atoms with Crippen LogP contribution in [0.1, 0.15) is 24.5 Å². The molecule has 7 heteroatoms. The zero-order valence-electron chi connectivity index (χ0n) is 15.0. The Labute approximate surface area is 155 Å². The van der Waals surface area contributed by atoms with Gasteiger partial charge in [-0.05, 0) is 50.2 Å². The lowest BCUT2D eigenvalue weighted by Gasteiger charge is -2.31. The average Bonchev–Trinajstić information content (AvgIpc) is 3.35. The largest absolute Gasteiger partial charge is 0.356 e. The summed E-state index contributed by atoms with van der Waals surface area (Å²) >= 11 is 0. The minimum absolute atomic E-state index is 0.0820. The highest BCUT2D eigenvalue weighted by molar-refractivity contribution is 5.79. The summed E-state index contributed by atoms with van der Waals surface area (Å²) in [5.74, 6) is 0.432. The minimum atomic E-state index is -0.0820. The van der Waals surface area contributed by atoms with Gasteiger partial charge in [0.2, 0.25) is 0 Å². The third-order valence-corrected chi connectivity index (χ3v) is 5.54. The molecule has 0 bridgehead atoms. The van der Waals surface area contributed by atoms with Crippen LogP contribution in [-0.2, 0) is 6.54 Å². The summed E-state index contributed by atoms with van der Waals surface area (Å²) in [6, 6.07) is 11.8. The zero-order chi connectivity index (χ0) is 18.2. The van der Waals surface area contributed by atoms with E-state index in [0.29, 0.717) is 12.5 Å². The maximum atomic E-state index is 12.4. The van der Waals surface area contributed by atoms with Gasteiger partial charge < -0.3 is 9.42 Å². The fraction of sp³-hybridized carbons (Fsp3) is 0.350. The van der Waals surface area contributed by atoms with Crippen molar-refractivity contribution in [3.63, 3.8) is 0 Å². The molecule has 0 radical (unpaired) electrons. The maximum Gasteiger partial charge on any atom is 0.349 e. The highest BCUT2D eigenvalue weighted by Gasteiger charge is 2.24. The van der Waals surface area contributed by atoms with Gasteiger partial charge in [-0.15, -0.1) is 0 Å². The molecule has 5 rings (SSSR count). The molecule has 0 amide bonds. The molecule has 0 spiro atoms. The normalized spacial score (nSPS) is 16.4. The standard InChI is InChI=1S/C20H21N5O2/c26-20-24-9-3-4-16(24)14-21-25(20)13-12-23-10-7-15(8-11-23)19-17-5-1-2-6-18(17)27-22-19/h1-6,9,14-15H,7-8,10-13H2. The number of hydrogen-bond donors (Lipinski definition) is 0. The predicted octanol–water partition coefficient (Wildman–Crippen LogP) is 2.52. The van der Waals surface area contributed by atoms with Crippen LogP contribution in [0.5, 0.6) is 0 Å². The molecule has 3 aromatic heterocycles. The SMILES string of the molecule is O=c1n(CCN2CCC(c3noc4ccccc34)CC2)ncc2cccn12. The first-order valence-electron chi connectivity index (χ1n) is 9.39. The smallest absolute Gasteiger partial charge is 0.349 e. The molecular weight excluding hydrogens is 342 g/mol. The Hall–Kier alpha value is -2.93. The molecule has 4 heterocycles. The molecule has 0 unspecified atom stereocenters. The second kappa shape index (κ2) is 6.66. The average molecular weight is 363 g/mol. The van der Waals surface area contributed by atoms with Gasteiger partial charge in [0.25, 0.3) is 0 Å². The van der Waals surface area contributed by atoms with Crippen molar-refractivity contribution < 1.29 is 4.52 Å². The van der Waals surface area contributed by atoms with E-state index in [2.05, 4.69) is 21.2 Å². The quantitative estimate of drug-likeness (QED) is 0.557. The van der Waals surface area contributed by atoms with Crippen molar-refractivity contribution in [2.45, 2.75) is 25.3 Å². The number of likely N-dealkylation sites (tertiary alicyclic amines) is 1. The van der Waals surface area contributed by atoms with Crippen LogP contribution in [0.25, 0.3) is 16.5 Å². The van der Waals surface area contributed by atoms with Crippen LogP contribution in [0.2, 0.25) is 0 Å². The summed E-state index contributed by atoms with van der Waals surface area (Å²) in [4.78, 5) is 14.8. The zero-order valence-corrected chi connectivity index (χ0v) is 15.0. The van der Waals surface area contributed by atoms with Gasteiger partial charge in [0.1, 0.15) is 0 Å². The molecule has 0 saturated carbocycles. The first-order valence-corrected chi connectivity index (χ1v) is 9.39. The lowest BCUT2D eigenvalue weighted by molar-refractivity contribution is 0.198. The Morgan fingerprint density at radius 2 is 1.93 bits per heavy atom. The van der Waals surface area contributed by atoms with E-state index in [1.165, 1.54) is 0 Å². The molecule has 7 nitrogen and oxygen atoms in total. The Kier molecular flexibility index (Phi) is 4.01. The fourth-order valence-electron chi connectivity index (χ4n) is 4.00. The number of para-hydroxylation sites is 1. The van der Waals surface area contributed by atoms with Gasteiger partial charge in [-0.1, -0.05) is 17.3 Å². The molecular formula is C20H21N5O2. The van der Waals surface area contributed by atoms with Crippen molar-refractivity contribution in [3.8, 4) is 0 Å². The lowest BCUT2D eigenvalue weighted by Crippen LogP contribution is -2.38. The van der Waals surface area contributed by atoms with Crippen molar-refractivity contribution >= 4 is 16.5 Å². The number of hydrogen-bond acceptors (Lipinski definition) is 5. The van der Waals surface area contributed by atoms with Gasteiger partial charge in [-0.25, -0.2) is 9.48 Å². The van der Waals surface area contributed by atoms with E-state index in [4.69, 9.17) is 4.52 Å². The number of benzene rings is 1. The predicted molar refractivity (Wildman–Crippen MR) is 102 cm³/mol. The number of rotatable bonds is 4. The number of nitrogens with zero attached hydrogens (tertiary/aromatic N) is 5. The van der Waals surface area contributed by atoms with E-state index < -0.39 is 0 Å². The van der Waals surface area contributed by atoms with Crippen LogP contribution in [0.15, 0.2) is 58.1 Å². The van der Waals surface area contributed by atoms with Gasteiger partial charge in [-0.2, -0.15) is 5.10 Å². The number of fused-ring (bicyclic) bond motifs is 2. The Morgan fingerprint density at radius 1 is 1.07 bits per heavy atom. The number of aromatic nitrogens is 4. The van der Waals surface area contributed by atoms with Gasteiger partial charge >= 0.3 is 5.69 Å². The first kappa shape index (κ1) is 16.3. The molecule has 0 atom stereocenters. The Bertz CT molecular complexity index is 1130. The Morgan fingerprint density at radius 3 is 2.81 bits per heavy atom. The molecule has 1 aromatic carbocycles. The van der Waals surface area contributed by atoms with E-state index in [9.17, 15) is 4.79 Å². The highest BCUT2D eigenvalue weighted by atomic mass is 16.5. The van der Waals surface area contributed by atoms with Crippen LogP contribution in [0, 0.1) is 0 Å². The summed E-state index contributed by atoms with van der Waals surface area (Å²) < 4.78 is 8.64. The summed E-state index contributed by atoms with van der Waals surface area (Å²) in [5, 5.41) is 9.74. The monoisotopic (exact) mass is 363 g/mol. The minimum Gasteiger partial charge on any atom is -0.356 e. The fourth-order valence-corrected chi connectivity index (χ4v) is 4.00. The third kappa shape index (κ3) is 2.94. The summed E-state index contributed by atoms with van der Waals surface area (Å²) in [6.45, 7) is 3.41. The van der Waals surface area contributed by atoms with Crippen LogP contribution in [0.3, 0.4) is 0 Å². The van der Waals surface area contributed by atoms with E-state index >= 15 is 0 Å². The van der Waals surface area contributed by atoms with Gasteiger partial charge in [-0.3, -0.25) is 4.40 Å². The van der Waals surface area contributed by atoms with Crippen LogP contribution < -0.4 is 5.69 Å². The van der Waals surface area contributed by atoms with E-state index in [0.717, 1.165) is 54.7 Å². The van der Waals surface area contributed by atoms with Crippen molar-refractivity contribution in [1.82, 2.24) is 24.2 Å². The van der Waals surface area contributed by atoms with Crippen LogP contribution >= 0.6 is 0 Å². The molecule has 0 aliphatic carbocycles. The molecule has 4 aromatic rings.